The maximum Gasteiger partial charge on any atom is 0.335 e. The summed E-state index contributed by atoms with van der Waals surface area (Å²) < 4.78 is 11.6. The number of carbonyl (C=O) groups is 2. The maximum atomic E-state index is 12.5. The fourth-order valence-electron chi connectivity index (χ4n) is 2.95. The number of nitrogens with zero attached hydrogens (tertiary/aromatic N) is 1. The molecule has 166 valence electrons. The molecule has 0 saturated heterocycles. The maximum absolute atomic E-state index is 12.5. The van der Waals surface area contributed by atoms with Crippen molar-refractivity contribution in [2.45, 2.75) is 13.5 Å². The first kappa shape index (κ1) is 23.1. The van der Waals surface area contributed by atoms with Crippen LogP contribution in [0, 0.1) is 11.3 Å². The zero-order valence-electron chi connectivity index (χ0n) is 17.9. The molecular weight excluding hydrogens is 420 g/mol. The lowest BCUT2D eigenvalue weighted by molar-refractivity contribution is -0.112. The van der Waals surface area contributed by atoms with E-state index in [1.54, 1.807) is 18.2 Å². The zero-order chi connectivity index (χ0) is 23.6. The van der Waals surface area contributed by atoms with E-state index in [9.17, 15) is 14.9 Å². The lowest BCUT2D eigenvalue weighted by Crippen LogP contribution is -2.13. The number of nitriles is 1. The average molecular weight is 442 g/mol. The summed E-state index contributed by atoms with van der Waals surface area (Å²) in [4.78, 5) is 23.5. The van der Waals surface area contributed by atoms with Crippen LogP contribution in [0.1, 0.15) is 28.4 Å². The summed E-state index contributed by atoms with van der Waals surface area (Å²) >= 11 is 0. The van der Waals surface area contributed by atoms with Crippen molar-refractivity contribution in [3.8, 4) is 17.6 Å². The number of hydrogen-bond acceptors (Lipinski definition) is 5. The minimum Gasteiger partial charge on any atom is -0.490 e. The Morgan fingerprint density at radius 1 is 1.00 bits per heavy atom. The number of nitrogens with one attached hydrogen (secondary N) is 1. The van der Waals surface area contributed by atoms with Crippen LogP contribution < -0.4 is 14.8 Å². The number of carboxylic acid groups (broad SMARTS) is 1. The quantitative estimate of drug-likeness (QED) is 0.360. The minimum atomic E-state index is -1.06. The van der Waals surface area contributed by atoms with E-state index in [0.29, 0.717) is 36.0 Å². The third-order valence-electron chi connectivity index (χ3n) is 4.57. The first-order valence-electron chi connectivity index (χ1n) is 10.2. The summed E-state index contributed by atoms with van der Waals surface area (Å²) in [5.41, 5.74) is 1.98. The fraction of sp³-hybridized carbons (Fsp3) is 0.115. The molecule has 0 bridgehead atoms. The van der Waals surface area contributed by atoms with Gasteiger partial charge in [-0.15, -0.1) is 0 Å². The number of carbonyl (C=O) groups excluding carboxylic acids is 1. The van der Waals surface area contributed by atoms with Crippen LogP contribution in [0.5, 0.6) is 11.5 Å². The monoisotopic (exact) mass is 442 g/mol. The van der Waals surface area contributed by atoms with Crippen molar-refractivity contribution in [3.05, 3.63) is 95.1 Å². The second-order valence-corrected chi connectivity index (χ2v) is 6.92. The standard InChI is InChI=1S/C26H22N2O5/c1-2-32-24-15-19(8-13-23(24)33-17-18-6-4-3-5-7-18)14-21(16-27)25(29)28-22-11-9-20(10-12-22)26(30)31/h3-15H,2,17H2,1H3,(H,28,29)(H,30,31)/b21-14+. The van der Waals surface area contributed by atoms with E-state index < -0.39 is 11.9 Å². The molecule has 2 N–H and O–H groups in total. The number of rotatable bonds is 9. The third-order valence-corrected chi connectivity index (χ3v) is 4.57. The molecule has 0 saturated carbocycles. The Labute approximate surface area is 191 Å². The van der Waals surface area contributed by atoms with Gasteiger partial charge in [0.2, 0.25) is 0 Å². The Morgan fingerprint density at radius 3 is 2.36 bits per heavy atom. The lowest BCUT2D eigenvalue weighted by Gasteiger charge is -2.13. The molecule has 0 spiro atoms. The predicted molar refractivity (Wildman–Crippen MR) is 124 cm³/mol. The van der Waals surface area contributed by atoms with E-state index in [4.69, 9.17) is 14.6 Å². The van der Waals surface area contributed by atoms with Crippen molar-refractivity contribution in [2.24, 2.45) is 0 Å². The molecule has 0 heterocycles. The van der Waals surface area contributed by atoms with Gasteiger partial charge in [0.1, 0.15) is 18.2 Å². The third kappa shape index (κ3) is 6.45. The van der Waals surface area contributed by atoms with Crippen LogP contribution in [-0.2, 0) is 11.4 Å². The number of anilines is 1. The summed E-state index contributed by atoms with van der Waals surface area (Å²) in [6.45, 7) is 2.66. The summed E-state index contributed by atoms with van der Waals surface area (Å²) in [6, 6.07) is 22.5. The Balaban J connectivity index is 1.76. The van der Waals surface area contributed by atoms with Gasteiger partial charge in [0.25, 0.3) is 5.91 Å². The first-order valence-corrected chi connectivity index (χ1v) is 10.2. The average Bonchev–Trinajstić information content (AvgIpc) is 2.83. The van der Waals surface area contributed by atoms with Gasteiger partial charge in [-0.1, -0.05) is 36.4 Å². The molecule has 0 aliphatic rings. The summed E-state index contributed by atoms with van der Waals surface area (Å²) in [5, 5.41) is 21.0. The number of hydrogen-bond donors (Lipinski definition) is 2. The van der Waals surface area contributed by atoms with E-state index >= 15 is 0 Å². The molecule has 7 heteroatoms. The van der Waals surface area contributed by atoms with Crippen LogP contribution in [0.2, 0.25) is 0 Å². The predicted octanol–water partition coefficient (Wildman–Crippen LogP) is 4.91. The lowest BCUT2D eigenvalue weighted by atomic mass is 10.1. The van der Waals surface area contributed by atoms with Crippen LogP contribution in [0.3, 0.4) is 0 Å². The van der Waals surface area contributed by atoms with Crippen LogP contribution >= 0.6 is 0 Å². The highest BCUT2D eigenvalue weighted by Gasteiger charge is 2.12. The number of carboxylic acids is 1. The molecule has 0 atom stereocenters. The number of ether oxygens (including phenoxy) is 2. The smallest absolute Gasteiger partial charge is 0.335 e. The summed E-state index contributed by atoms with van der Waals surface area (Å²) in [7, 11) is 0. The van der Waals surface area contributed by atoms with Crippen molar-refractivity contribution in [1.82, 2.24) is 0 Å². The minimum absolute atomic E-state index is 0.0991. The Hall–Kier alpha value is -4.57. The van der Waals surface area contributed by atoms with Gasteiger partial charge in [0, 0.05) is 5.69 Å². The van der Waals surface area contributed by atoms with Crippen molar-refractivity contribution in [2.75, 3.05) is 11.9 Å². The molecule has 0 aliphatic heterocycles. The van der Waals surface area contributed by atoms with Gasteiger partial charge in [-0.25, -0.2) is 4.79 Å². The second kappa shape index (κ2) is 11.2. The summed E-state index contributed by atoms with van der Waals surface area (Å²) in [6.07, 6.45) is 1.45. The van der Waals surface area contributed by atoms with E-state index in [0.717, 1.165) is 5.56 Å². The molecule has 3 rings (SSSR count). The van der Waals surface area contributed by atoms with Crippen molar-refractivity contribution >= 4 is 23.6 Å². The van der Waals surface area contributed by atoms with Gasteiger partial charge in [0.05, 0.1) is 12.2 Å². The topological polar surface area (TPSA) is 109 Å². The van der Waals surface area contributed by atoms with E-state index in [1.165, 1.54) is 30.3 Å². The highest BCUT2D eigenvalue weighted by molar-refractivity contribution is 6.09. The zero-order valence-corrected chi connectivity index (χ0v) is 17.9. The molecular formula is C26H22N2O5. The Bertz CT molecular complexity index is 1200. The van der Waals surface area contributed by atoms with Crippen LogP contribution in [0.4, 0.5) is 5.69 Å². The van der Waals surface area contributed by atoms with Gasteiger partial charge in [-0.2, -0.15) is 5.26 Å². The number of aromatic carboxylic acids is 1. The Kier molecular flexibility index (Phi) is 7.81. The molecule has 0 aliphatic carbocycles. The molecule has 0 aromatic heterocycles. The highest BCUT2D eigenvalue weighted by atomic mass is 16.5. The van der Waals surface area contributed by atoms with Crippen molar-refractivity contribution in [1.29, 1.82) is 5.26 Å². The number of amides is 1. The largest absolute Gasteiger partial charge is 0.490 e. The van der Waals surface area contributed by atoms with E-state index in [1.807, 2.05) is 43.3 Å². The first-order chi connectivity index (χ1) is 16.0. The SMILES string of the molecule is CCOc1cc(/C=C(\C#N)C(=O)Nc2ccc(C(=O)O)cc2)ccc1OCc1ccccc1. The highest BCUT2D eigenvalue weighted by Crippen LogP contribution is 2.30. The van der Waals surface area contributed by atoms with Crippen LogP contribution in [0.15, 0.2) is 78.4 Å². The van der Waals surface area contributed by atoms with Gasteiger partial charge in [0.15, 0.2) is 11.5 Å². The molecule has 0 fully saturated rings. The molecule has 33 heavy (non-hydrogen) atoms. The van der Waals surface area contributed by atoms with Crippen LogP contribution in [-0.4, -0.2) is 23.6 Å². The van der Waals surface area contributed by atoms with E-state index in [-0.39, 0.29) is 11.1 Å². The van der Waals surface area contributed by atoms with Crippen molar-refractivity contribution in [3.63, 3.8) is 0 Å². The molecule has 0 unspecified atom stereocenters. The normalized spacial score (nSPS) is 10.7. The van der Waals surface area contributed by atoms with Gasteiger partial charge >= 0.3 is 5.97 Å². The van der Waals surface area contributed by atoms with Gasteiger partial charge in [-0.3, -0.25) is 4.79 Å². The van der Waals surface area contributed by atoms with Gasteiger partial charge in [-0.05, 0) is 60.5 Å². The van der Waals surface area contributed by atoms with Crippen LogP contribution in [0.25, 0.3) is 6.08 Å². The molecule has 0 radical (unpaired) electrons. The fourth-order valence-corrected chi connectivity index (χ4v) is 2.95. The number of benzene rings is 3. The van der Waals surface area contributed by atoms with Crippen molar-refractivity contribution < 1.29 is 24.2 Å². The molecule has 1 amide bonds. The van der Waals surface area contributed by atoms with Gasteiger partial charge < -0.3 is 19.9 Å². The second-order valence-electron chi connectivity index (χ2n) is 6.92. The molecule has 7 nitrogen and oxygen atoms in total. The summed E-state index contributed by atoms with van der Waals surface area (Å²) in [5.74, 6) is -0.613. The van der Waals surface area contributed by atoms with E-state index in [2.05, 4.69) is 5.32 Å². The molecule has 3 aromatic carbocycles. The Morgan fingerprint density at radius 2 is 1.73 bits per heavy atom. The molecule has 3 aromatic rings.